The van der Waals surface area contributed by atoms with E-state index in [-0.39, 0.29) is 24.0 Å². The van der Waals surface area contributed by atoms with Gasteiger partial charge in [-0.2, -0.15) is 0 Å². The summed E-state index contributed by atoms with van der Waals surface area (Å²) in [4.78, 5) is 9.20. The van der Waals surface area contributed by atoms with Crippen LogP contribution in [-0.2, 0) is 13.0 Å². The second kappa shape index (κ2) is 10.8. The summed E-state index contributed by atoms with van der Waals surface area (Å²) in [6.45, 7) is 5.43. The summed E-state index contributed by atoms with van der Waals surface area (Å²) in [7, 11) is 0. The fourth-order valence-corrected chi connectivity index (χ4v) is 2.82. The van der Waals surface area contributed by atoms with Crippen molar-refractivity contribution >= 4 is 40.8 Å². The van der Waals surface area contributed by atoms with Gasteiger partial charge >= 0.3 is 0 Å². The minimum atomic E-state index is 0. The lowest BCUT2D eigenvalue weighted by atomic mass is 10.1. The maximum Gasteiger partial charge on any atom is 0.191 e. The number of benzene rings is 1. The molecule has 0 fully saturated rings. The highest BCUT2D eigenvalue weighted by atomic mass is 127. The monoisotopic (exact) mass is 463 g/mol. The first-order chi connectivity index (χ1) is 12.4. The molecule has 138 valence electrons. The summed E-state index contributed by atoms with van der Waals surface area (Å²) in [6, 6.07) is 14.5. The van der Waals surface area contributed by atoms with Gasteiger partial charge in [-0.05, 0) is 37.1 Å². The summed E-state index contributed by atoms with van der Waals surface area (Å²) in [5, 5.41) is 7.87. The van der Waals surface area contributed by atoms with Crippen molar-refractivity contribution in [2.75, 3.05) is 19.6 Å². The van der Waals surface area contributed by atoms with Crippen molar-refractivity contribution in [1.82, 2.24) is 20.2 Å². The summed E-state index contributed by atoms with van der Waals surface area (Å²) in [5.41, 5.74) is 2.32. The molecule has 26 heavy (non-hydrogen) atoms. The molecule has 0 unspecified atom stereocenters. The van der Waals surface area contributed by atoms with Crippen LogP contribution in [0.4, 0.5) is 0 Å². The van der Waals surface area contributed by atoms with Gasteiger partial charge in [-0.25, -0.2) is 0 Å². The number of hydrogen-bond donors (Lipinski definition) is 2. The van der Waals surface area contributed by atoms with Crippen LogP contribution in [0.15, 0.2) is 66.0 Å². The smallest absolute Gasteiger partial charge is 0.191 e. The van der Waals surface area contributed by atoms with Crippen LogP contribution in [0.3, 0.4) is 0 Å². The third-order valence-corrected chi connectivity index (χ3v) is 4.04. The fourth-order valence-electron chi connectivity index (χ4n) is 2.82. The molecule has 3 rings (SSSR count). The highest BCUT2D eigenvalue weighted by Crippen LogP contribution is 2.16. The van der Waals surface area contributed by atoms with Gasteiger partial charge < -0.3 is 15.2 Å². The van der Waals surface area contributed by atoms with Gasteiger partial charge in [0, 0.05) is 50.2 Å². The Labute approximate surface area is 172 Å². The van der Waals surface area contributed by atoms with Crippen LogP contribution in [0.5, 0.6) is 0 Å². The van der Waals surface area contributed by atoms with Crippen LogP contribution in [0.2, 0.25) is 0 Å². The number of nitrogens with one attached hydrogen (secondary N) is 2. The number of aliphatic imine (C=N–C) groups is 1. The molecule has 5 nitrogen and oxygen atoms in total. The predicted octanol–water partition coefficient (Wildman–Crippen LogP) is 3.45. The van der Waals surface area contributed by atoms with Gasteiger partial charge in [0.05, 0.1) is 5.52 Å². The summed E-state index contributed by atoms with van der Waals surface area (Å²) in [6.07, 6.45) is 6.86. The molecule has 0 aliphatic heterocycles. The largest absolute Gasteiger partial charge is 0.357 e. The Hall–Kier alpha value is -2.09. The molecule has 0 aliphatic rings. The summed E-state index contributed by atoms with van der Waals surface area (Å²) in [5.74, 6) is 0.864. The van der Waals surface area contributed by atoms with E-state index in [9.17, 15) is 0 Å². The number of halogens is 1. The number of hydrogen-bond acceptors (Lipinski definition) is 2. The SMILES string of the molecule is CCNC(=NCCc1cccc2cccnc12)NCCn1cccc1.I. The molecular weight excluding hydrogens is 437 g/mol. The highest BCUT2D eigenvalue weighted by molar-refractivity contribution is 14.0. The third kappa shape index (κ3) is 5.72. The van der Waals surface area contributed by atoms with E-state index in [2.05, 4.69) is 63.8 Å². The lowest BCUT2D eigenvalue weighted by Crippen LogP contribution is -2.39. The van der Waals surface area contributed by atoms with Crippen LogP contribution in [0, 0.1) is 0 Å². The number of aromatic nitrogens is 2. The molecule has 0 radical (unpaired) electrons. The topological polar surface area (TPSA) is 54.2 Å². The quantitative estimate of drug-likeness (QED) is 0.321. The van der Waals surface area contributed by atoms with Crippen LogP contribution < -0.4 is 10.6 Å². The average Bonchev–Trinajstić information content (AvgIpc) is 3.15. The first-order valence-corrected chi connectivity index (χ1v) is 8.82. The zero-order valence-corrected chi connectivity index (χ0v) is 17.4. The molecule has 2 N–H and O–H groups in total. The minimum Gasteiger partial charge on any atom is -0.357 e. The fraction of sp³-hybridized carbons (Fsp3) is 0.300. The summed E-state index contributed by atoms with van der Waals surface area (Å²) >= 11 is 0. The van der Waals surface area contributed by atoms with Gasteiger partial charge in [-0.1, -0.05) is 24.3 Å². The van der Waals surface area contributed by atoms with E-state index >= 15 is 0 Å². The van der Waals surface area contributed by atoms with E-state index in [1.54, 1.807) is 0 Å². The van der Waals surface area contributed by atoms with Crippen molar-refractivity contribution in [2.24, 2.45) is 4.99 Å². The Morgan fingerprint density at radius 2 is 1.88 bits per heavy atom. The van der Waals surface area contributed by atoms with Crippen molar-refractivity contribution in [3.8, 4) is 0 Å². The molecule has 0 saturated carbocycles. The Kier molecular flexibility index (Phi) is 8.40. The van der Waals surface area contributed by atoms with Gasteiger partial charge in [0.2, 0.25) is 0 Å². The Morgan fingerprint density at radius 1 is 1.08 bits per heavy atom. The van der Waals surface area contributed by atoms with E-state index in [0.717, 1.165) is 44.1 Å². The molecule has 0 amide bonds. The number of rotatable bonds is 7. The van der Waals surface area contributed by atoms with Crippen molar-refractivity contribution < 1.29 is 0 Å². The summed E-state index contributed by atoms with van der Waals surface area (Å²) < 4.78 is 2.15. The molecule has 2 heterocycles. The molecule has 3 aromatic rings. The zero-order valence-electron chi connectivity index (χ0n) is 15.1. The number of fused-ring (bicyclic) bond motifs is 1. The molecule has 0 aliphatic carbocycles. The normalized spacial score (nSPS) is 11.2. The molecule has 0 saturated heterocycles. The van der Waals surface area contributed by atoms with Crippen LogP contribution in [0.1, 0.15) is 12.5 Å². The van der Waals surface area contributed by atoms with E-state index in [1.807, 2.05) is 24.4 Å². The van der Waals surface area contributed by atoms with Crippen molar-refractivity contribution in [3.05, 3.63) is 66.6 Å². The van der Waals surface area contributed by atoms with Gasteiger partial charge in [-0.3, -0.25) is 9.98 Å². The van der Waals surface area contributed by atoms with Crippen molar-refractivity contribution in [1.29, 1.82) is 0 Å². The average molecular weight is 463 g/mol. The maximum absolute atomic E-state index is 4.69. The number of guanidine groups is 1. The number of nitrogens with zero attached hydrogens (tertiary/aromatic N) is 3. The van der Waals surface area contributed by atoms with Crippen LogP contribution in [-0.4, -0.2) is 35.1 Å². The number of para-hydroxylation sites is 1. The van der Waals surface area contributed by atoms with Crippen molar-refractivity contribution in [3.63, 3.8) is 0 Å². The number of pyridine rings is 1. The highest BCUT2D eigenvalue weighted by Gasteiger charge is 2.02. The lowest BCUT2D eigenvalue weighted by molar-refractivity contribution is 0.665. The van der Waals surface area contributed by atoms with Crippen LogP contribution >= 0.6 is 24.0 Å². The zero-order chi connectivity index (χ0) is 17.3. The molecule has 0 spiro atoms. The lowest BCUT2D eigenvalue weighted by Gasteiger charge is -2.12. The molecule has 0 atom stereocenters. The van der Waals surface area contributed by atoms with Gasteiger partial charge in [0.25, 0.3) is 0 Å². The minimum absolute atomic E-state index is 0. The Balaban J connectivity index is 0.00000243. The van der Waals surface area contributed by atoms with Crippen LogP contribution in [0.25, 0.3) is 10.9 Å². The second-order valence-corrected chi connectivity index (χ2v) is 5.85. The van der Waals surface area contributed by atoms with E-state index in [1.165, 1.54) is 10.9 Å². The molecule has 0 bridgehead atoms. The van der Waals surface area contributed by atoms with E-state index in [0.29, 0.717) is 0 Å². The molecule has 1 aromatic carbocycles. The van der Waals surface area contributed by atoms with E-state index < -0.39 is 0 Å². The Morgan fingerprint density at radius 3 is 2.69 bits per heavy atom. The molecular formula is C20H26IN5. The van der Waals surface area contributed by atoms with Gasteiger partial charge in [0.15, 0.2) is 5.96 Å². The molecule has 6 heteroatoms. The predicted molar refractivity (Wildman–Crippen MR) is 119 cm³/mol. The van der Waals surface area contributed by atoms with E-state index in [4.69, 9.17) is 4.99 Å². The Bertz CT molecular complexity index is 809. The van der Waals surface area contributed by atoms with Gasteiger partial charge in [0.1, 0.15) is 0 Å². The standard InChI is InChI=1S/C20H25N5.HI/c1-2-21-20(24-13-16-25-14-3-4-15-25)23-12-10-18-8-5-7-17-9-6-11-22-19(17)18;/h3-9,11,14-15H,2,10,12-13,16H2,1H3,(H2,21,23,24);1H. The third-order valence-electron chi connectivity index (χ3n) is 4.04. The first kappa shape index (κ1) is 20.2. The van der Waals surface area contributed by atoms with Gasteiger partial charge in [-0.15, -0.1) is 24.0 Å². The van der Waals surface area contributed by atoms with Crippen molar-refractivity contribution in [2.45, 2.75) is 19.9 Å². The second-order valence-electron chi connectivity index (χ2n) is 5.85. The molecule has 2 aromatic heterocycles. The first-order valence-electron chi connectivity index (χ1n) is 8.82. The maximum atomic E-state index is 4.69.